The van der Waals surface area contributed by atoms with Crippen LogP contribution in [0.15, 0.2) is 28.0 Å². The van der Waals surface area contributed by atoms with Crippen LogP contribution in [0, 0.1) is 34.6 Å². The third-order valence-corrected chi connectivity index (χ3v) is 22.3. The summed E-state index contributed by atoms with van der Waals surface area (Å²) < 4.78 is 17.9. The van der Waals surface area contributed by atoms with Crippen molar-refractivity contribution >= 4 is 90.5 Å². The predicted octanol–water partition coefficient (Wildman–Crippen LogP) is 11.6. The number of allylic oxidation sites excluding steroid dienone is 4. The number of rotatable bonds is 14. The van der Waals surface area contributed by atoms with Gasteiger partial charge in [0.2, 0.25) is 17.3 Å². The number of Topliss-reactive ketones (excluding diaryl/α,β-unsaturated/α-hetero) is 2. The lowest BCUT2D eigenvalue weighted by molar-refractivity contribution is -0.679. The van der Waals surface area contributed by atoms with E-state index in [9.17, 15) is 64.8 Å². The molecule has 0 saturated carbocycles. The number of aromatic hydroxyl groups is 8. The van der Waals surface area contributed by atoms with Gasteiger partial charge >= 0.3 is 19.3 Å². The molecular formula is C81H100N10O16+2. The number of ether oxygens (including phenoxy) is 3. The van der Waals surface area contributed by atoms with E-state index in [1.54, 1.807) is 13.8 Å². The molecule has 0 spiro atoms. The van der Waals surface area contributed by atoms with E-state index in [1.165, 1.54) is 31.2 Å². The molecule has 8 heterocycles. The van der Waals surface area contributed by atoms with Crippen LogP contribution in [0.1, 0.15) is 227 Å². The van der Waals surface area contributed by atoms with E-state index < -0.39 is 0 Å². The number of nitrogens with one attached hydrogen (secondary N) is 7. The van der Waals surface area contributed by atoms with Crippen LogP contribution in [0.5, 0.6) is 46.0 Å². The van der Waals surface area contributed by atoms with Crippen LogP contribution in [0.2, 0.25) is 0 Å². The molecule has 15 N–H and O–H groups in total. The Hall–Kier alpha value is -10.8. The van der Waals surface area contributed by atoms with Crippen molar-refractivity contribution < 1.29 is 85.4 Å². The molecule has 0 bridgehead atoms. The average Bonchev–Trinajstić information content (AvgIpc) is 1.57. The van der Waals surface area contributed by atoms with E-state index in [0.717, 1.165) is 169 Å². The van der Waals surface area contributed by atoms with Gasteiger partial charge in [-0.05, 0) is 146 Å². The fourth-order valence-electron chi connectivity index (χ4n) is 16.9. The second-order valence-corrected chi connectivity index (χ2v) is 29.5. The van der Waals surface area contributed by atoms with Gasteiger partial charge in [-0.3, -0.25) is 28.9 Å². The molecule has 4 aromatic heterocycles. The molecule has 4 atom stereocenters. The molecule has 568 valence electrons. The zero-order chi connectivity index (χ0) is 76.8. The van der Waals surface area contributed by atoms with E-state index >= 15 is 0 Å². The first kappa shape index (κ1) is 74.5. The van der Waals surface area contributed by atoms with Crippen LogP contribution in [-0.2, 0) is 54.4 Å². The number of quaternary nitrogens is 1. The summed E-state index contributed by atoms with van der Waals surface area (Å²) in [6, 6.07) is 0. The fourth-order valence-corrected chi connectivity index (χ4v) is 16.9. The molecule has 5 aliphatic carbocycles. The highest BCUT2D eigenvalue weighted by Crippen LogP contribution is 2.53. The summed E-state index contributed by atoms with van der Waals surface area (Å²) >= 11 is 0. The van der Waals surface area contributed by atoms with Crippen molar-refractivity contribution in [1.29, 1.82) is 0 Å². The molecule has 4 aromatic carbocycles. The van der Waals surface area contributed by atoms with Gasteiger partial charge in [-0.25, -0.2) is 4.99 Å². The highest BCUT2D eigenvalue weighted by Gasteiger charge is 2.45. The first-order chi connectivity index (χ1) is 51.1. The number of aromatic amines is 3. The van der Waals surface area contributed by atoms with Crippen LogP contribution in [-0.4, -0.2) is 141 Å². The largest absolute Gasteiger partial charge is 1.00 e. The van der Waals surface area contributed by atoms with Gasteiger partial charge in [-0.1, -0.05) is 33.8 Å². The summed E-state index contributed by atoms with van der Waals surface area (Å²) in [5.74, 6) is 0.906. The SMILES string of the molecule is CC(=O)OC1CCc2c1[nH]c1c(O)c([NH+]3CC3)c(C)c(O)c21.CC(=O)OC1CCn2c3c(c(C)c21)C(=O)C(N1CC1)=C(C)C3=O.CCCNc1c(C)c(O)c2c(c1O)=NC1=CCCC=21.CCCNc1c(C)c(O)c2c3c([nH]c2c1O)C(C)CC3.CCCNc1c(C)c(O)c2c3c([nH]c2c1O)C(OC(C)=O)CC3.[H+]. The standard InChI is InChI=1S/C17H18N2O4.C17H22N2O4.C16H18N2O4.C16H22N2O2.C15H18N2O2/c1-8-12-15(19-5-4-11(13(8)19)23-10(3)20)16(21)9(2)14(17(12)22)18-6-7-18;1-4-7-18-13-8(2)16(21)12-10-5-6-11(23-9(3)20)14(10)19-15(12)17(13)22;1-7-14(18-5-6-18)16(21)13-11(15(7)20)9-3-4-10(12(9)17-13)22-8(2)19;1-4-7-17-13-9(3)15(19)11-10-6-5-8(2)12(10)18-14(11)16(13)20;1-3-7-16-12-8(2)14(18)11-9-5-4-6-10(9)17-13(11)15(12)19/h11H,4-7H2,1-3H3;11,18-19,21-22H,4-7H2,1-3H3;10,17,20-21H,3-6H2,1-2H3;8,17-20H,4-7H2,1-3H3;6,16,18-19H,3-5,7H2,1-2H3/p+2. The summed E-state index contributed by atoms with van der Waals surface area (Å²) in [5, 5.41) is 97.2. The normalized spacial score (nSPS) is 18.7. The van der Waals surface area contributed by atoms with Crippen molar-refractivity contribution in [2.24, 2.45) is 4.99 Å². The van der Waals surface area contributed by atoms with Gasteiger partial charge in [0.25, 0.3) is 0 Å². The van der Waals surface area contributed by atoms with Crippen molar-refractivity contribution in [2.75, 3.05) is 61.8 Å². The number of phenolic OH excluding ortho intramolecular Hbond substituents is 8. The van der Waals surface area contributed by atoms with Gasteiger partial charge in [-0.15, -0.1) is 0 Å². The van der Waals surface area contributed by atoms with Crippen LogP contribution >= 0.6 is 0 Å². The Morgan fingerprint density at radius 3 is 1.50 bits per heavy atom. The number of H-pyrrole nitrogens is 3. The first-order valence-corrected chi connectivity index (χ1v) is 37.6. The molecule has 107 heavy (non-hydrogen) atoms. The molecule has 17 rings (SSSR count). The molecule has 26 nitrogen and oxygen atoms in total. The average molecular weight is 1470 g/mol. The molecular weight excluding hydrogens is 1370 g/mol. The number of phenols is 8. The Kier molecular flexibility index (Phi) is 20.3. The fraction of sp³-hybridized carbons (Fsp3) is 0.457. The maximum absolute atomic E-state index is 12.9. The Bertz CT molecular complexity index is 5280. The van der Waals surface area contributed by atoms with Gasteiger partial charge in [0.1, 0.15) is 65.5 Å². The number of ketones is 2. The number of anilines is 3. The summed E-state index contributed by atoms with van der Waals surface area (Å²) in [6.07, 6.45) is 11.2. The van der Waals surface area contributed by atoms with E-state index in [0.29, 0.717) is 134 Å². The third kappa shape index (κ3) is 12.9. The Balaban J connectivity index is 0.000000126. The summed E-state index contributed by atoms with van der Waals surface area (Å²) in [6.45, 7) is 29.8. The zero-order valence-electron chi connectivity index (χ0n) is 64.2. The van der Waals surface area contributed by atoms with E-state index in [2.05, 4.69) is 62.7 Å². The highest BCUT2D eigenvalue weighted by atomic mass is 16.6. The lowest BCUT2D eigenvalue weighted by atomic mass is 9.90. The number of fused-ring (bicyclic) bond motifs is 14. The van der Waals surface area contributed by atoms with Crippen molar-refractivity contribution in [1.82, 2.24) is 24.4 Å². The molecule has 8 aromatic rings. The van der Waals surface area contributed by atoms with E-state index in [-0.39, 0.29) is 89.5 Å². The minimum atomic E-state index is -0.372. The Morgan fingerprint density at radius 1 is 0.551 bits per heavy atom. The molecule has 4 unspecified atom stereocenters. The highest BCUT2D eigenvalue weighted by molar-refractivity contribution is 6.27. The number of aromatic nitrogens is 4. The quantitative estimate of drug-likeness (QED) is 0.0158. The van der Waals surface area contributed by atoms with Crippen molar-refractivity contribution in [3.05, 3.63) is 112 Å². The van der Waals surface area contributed by atoms with Crippen molar-refractivity contribution in [3.8, 4) is 46.0 Å². The van der Waals surface area contributed by atoms with Crippen molar-refractivity contribution in [2.45, 2.75) is 198 Å². The van der Waals surface area contributed by atoms with Gasteiger partial charge in [0.05, 0.1) is 78.4 Å². The van der Waals surface area contributed by atoms with Gasteiger partial charge in [0.15, 0.2) is 22.9 Å². The van der Waals surface area contributed by atoms with Gasteiger partial charge < -0.3 is 95.4 Å². The second kappa shape index (κ2) is 29.2. The number of aryl methyl sites for hydroxylation is 3. The van der Waals surface area contributed by atoms with Crippen LogP contribution in [0.25, 0.3) is 38.3 Å². The maximum Gasteiger partial charge on any atom is 1.00 e. The predicted molar refractivity (Wildman–Crippen MR) is 407 cm³/mol. The summed E-state index contributed by atoms with van der Waals surface area (Å²) in [7, 11) is 0. The third-order valence-electron chi connectivity index (χ3n) is 22.3. The second-order valence-electron chi connectivity index (χ2n) is 29.5. The van der Waals surface area contributed by atoms with Crippen LogP contribution < -0.4 is 31.4 Å². The Labute approximate surface area is 620 Å². The molecule has 26 heteroatoms. The van der Waals surface area contributed by atoms with E-state index in [4.69, 9.17) is 14.2 Å². The smallest absolute Gasteiger partial charge is 0.507 e. The van der Waals surface area contributed by atoms with Gasteiger partial charge in [-0.2, -0.15) is 0 Å². The molecule has 2 saturated heterocycles. The van der Waals surface area contributed by atoms with Crippen LogP contribution in [0.4, 0.5) is 22.7 Å². The number of benzene rings is 4. The zero-order valence-corrected chi connectivity index (χ0v) is 63.2. The topological polar surface area (TPSA) is 383 Å². The number of hydrogen-bond donors (Lipinski definition) is 15. The minimum absolute atomic E-state index is 0. The molecule has 2 fully saturated rings. The first-order valence-electron chi connectivity index (χ1n) is 37.6. The number of esters is 3. The number of hydrogen-bond acceptors (Lipinski definition) is 21. The number of carbonyl (C=O) groups excluding carboxylic acids is 5. The molecule has 9 aliphatic rings. The number of nitrogens with zero attached hydrogens (tertiary/aromatic N) is 3. The monoisotopic (exact) mass is 1470 g/mol. The molecule has 0 amide bonds. The van der Waals surface area contributed by atoms with E-state index in [1.807, 2.05) is 44.1 Å². The summed E-state index contributed by atoms with van der Waals surface area (Å²) in [4.78, 5) is 76.8. The lowest BCUT2D eigenvalue weighted by Gasteiger charge is -2.19. The Morgan fingerprint density at radius 2 is 1.01 bits per heavy atom. The van der Waals surface area contributed by atoms with Gasteiger partial charge in [0, 0.05) is 111 Å². The number of carbonyl (C=O) groups is 5. The lowest BCUT2D eigenvalue weighted by Crippen LogP contribution is -2.86. The summed E-state index contributed by atoms with van der Waals surface area (Å²) in [5.41, 5.74) is 18.4. The molecule has 4 aliphatic heterocycles. The molecule has 0 radical (unpaired) electrons. The van der Waals surface area contributed by atoms with Crippen molar-refractivity contribution in [3.63, 3.8) is 0 Å². The minimum Gasteiger partial charge on any atom is -0.507 e. The van der Waals surface area contributed by atoms with Crippen LogP contribution in [0.3, 0.4) is 0 Å². The maximum atomic E-state index is 12.9.